The Balaban J connectivity index is 1.64. The van der Waals surface area contributed by atoms with Crippen molar-refractivity contribution in [3.05, 3.63) is 59.0 Å². The zero-order chi connectivity index (χ0) is 20.8. The summed E-state index contributed by atoms with van der Waals surface area (Å²) in [4.78, 5) is 17.2. The summed E-state index contributed by atoms with van der Waals surface area (Å²) in [5, 5.41) is 3.00. The predicted molar refractivity (Wildman–Crippen MR) is 114 cm³/mol. The molecule has 0 spiro atoms. The largest absolute Gasteiger partial charge is 0.490 e. The van der Waals surface area contributed by atoms with Crippen molar-refractivity contribution in [2.24, 2.45) is 0 Å². The van der Waals surface area contributed by atoms with Crippen molar-refractivity contribution in [3.8, 4) is 11.5 Å². The van der Waals surface area contributed by atoms with E-state index in [-0.39, 0.29) is 5.91 Å². The second kappa shape index (κ2) is 9.45. The number of fused-ring (bicyclic) bond motifs is 1. The van der Waals surface area contributed by atoms with Gasteiger partial charge in [0.1, 0.15) is 5.65 Å². The van der Waals surface area contributed by atoms with Crippen molar-refractivity contribution in [1.29, 1.82) is 0 Å². The van der Waals surface area contributed by atoms with Crippen LogP contribution in [0.25, 0.3) is 5.65 Å². The van der Waals surface area contributed by atoms with Crippen LogP contribution < -0.4 is 14.8 Å². The summed E-state index contributed by atoms with van der Waals surface area (Å²) in [6, 6.07) is 9.62. The van der Waals surface area contributed by atoms with Gasteiger partial charge in [-0.3, -0.25) is 4.79 Å². The number of amides is 1. The number of aryl methyl sites for hydroxylation is 2. The minimum Gasteiger partial charge on any atom is -0.490 e. The van der Waals surface area contributed by atoms with Crippen molar-refractivity contribution < 1.29 is 14.3 Å². The molecule has 0 fully saturated rings. The molecule has 3 rings (SSSR count). The minimum atomic E-state index is -0.0889. The highest BCUT2D eigenvalue weighted by Crippen LogP contribution is 2.28. The first-order chi connectivity index (χ1) is 14.1. The van der Waals surface area contributed by atoms with Crippen LogP contribution >= 0.6 is 0 Å². The summed E-state index contributed by atoms with van der Waals surface area (Å²) in [6.07, 6.45) is 3.45. The molecule has 154 valence electrons. The second-order valence-electron chi connectivity index (χ2n) is 6.80. The topological polar surface area (TPSA) is 64.9 Å². The van der Waals surface area contributed by atoms with E-state index in [2.05, 4.69) is 17.2 Å². The monoisotopic (exact) mass is 395 g/mol. The molecule has 6 heteroatoms. The number of pyridine rings is 1. The lowest BCUT2D eigenvalue weighted by Gasteiger charge is -2.12. The molecule has 0 radical (unpaired) electrons. The van der Waals surface area contributed by atoms with Gasteiger partial charge < -0.3 is 19.2 Å². The molecular formula is C23H29N3O3. The average molecular weight is 396 g/mol. The third-order valence-corrected chi connectivity index (χ3v) is 4.86. The molecule has 6 nitrogen and oxygen atoms in total. The van der Waals surface area contributed by atoms with Crippen molar-refractivity contribution >= 4 is 11.6 Å². The molecule has 0 aliphatic heterocycles. The fourth-order valence-corrected chi connectivity index (χ4v) is 3.35. The van der Waals surface area contributed by atoms with Crippen molar-refractivity contribution in [2.75, 3.05) is 19.8 Å². The normalized spacial score (nSPS) is 10.9. The van der Waals surface area contributed by atoms with Crippen LogP contribution in [0.5, 0.6) is 11.5 Å². The second-order valence-corrected chi connectivity index (χ2v) is 6.80. The summed E-state index contributed by atoms with van der Waals surface area (Å²) in [5.41, 5.74) is 4.72. The molecule has 0 unspecified atom stereocenters. The van der Waals surface area contributed by atoms with E-state index < -0.39 is 0 Å². The number of benzene rings is 1. The maximum atomic E-state index is 12.6. The summed E-state index contributed by atoms with van der Waals surface area (Å²) >= 11 is 0. The third-order valence-electron chi connectivity index (χ3n) is 4.86. The number of imidazole rings is 1. The third kappa shape index (κ3) is 4.70. The van der Waals surface area contributed by atoms with Gasteiger partial charge in [-0.25, -0.2) is 4.98 Å². The van der Waals surface area contributed by atoms with Crippen LogP contribution in [0, 0.1) is 6.92 Å². The Morgan fingerprint density at radius 3 is 2.55 bits per heavy atom. The fraction of sp³-hybridized carbons (Fsp3) is 0.391. The average Bonchev–Trinajstić information content (AvgIpc) is 3.05. The van der Waals surface area contributed by atoms with Crippen LogP contribution in [-0.4, -0.2) is 35.1 Å². The van der Waals surface area contributed by atoms with E-state index in [1.54, 1.807) is 0 Å². The molecule has 29 heavy (non-hydrogen) atoms. The van der Waals surface area contributed by atoms with E-state index >= 15 is 0 Å². The molecule has 1 amide bonds. The van der Waals surface area contributed by atoms with Gasteiger partial charge >= 0.3 is 0 Å². The van der Waals surface area contributed by atoms with Crippen LogP contribution in [0.2, 0.25) is 0 Å². The van der Waals surface area contributed by atoms with Crippen LogP contribution in [0.4, 0.5) is 0 Å². The quantitative estimate of drug-likeness (QED) is 0.595. The molecule has 3 aromatic rings. The van der Waals surface area contributed by atoms with E-state index in [9.17, 15) is 4.79 Å². The molecule has 1 aromatic carbocycles. The van der Waals surface area contributed by atoms with Gasteiger partial charge in [0.25, 0.3) is 5.91 Å². The highest BCUT2D eigenvalue weighted by Gasteiger charge is 2.11. The number of nitrogens with zero attached hydrogens (tertiary/aromatic N) is 2. The number of carbonyl (C=O) groups excluding carboxylic acids is 1. The fourth-order valence-electron chi connectivity index (χ4n) is 3.35. The standard InChI is InChI=1S/C23H29N3O3/c1-5-19-16(4)26-15-18(9-11-22(26)25-19)23(27)24-13-12-17-8-10-20(28-6-2)21(14-17)29-7-3/h8-11,14-15H,5-7,12-13H2,1-4H3,(H,24,27). The van der Waals surface area contributed by atoms with Gasteiger partial charge in [-0.1, -0.05) is 13.0 Å². The van der Waals surface area contributed by atoms with E-state index in [1.165, 1.54) is 0 Å². The Bertz CT molecular complexity index is 994. The SMILES string of the molecule is CCOc1ccc(CCNC(=O)c2ccc3nc(CC)c(C)n3c2)cc1OCC. The van der Waals surface area contributed by atoms with E-state index in [0.717, 1.165) is 40.5 Å². The Morgan fingerprint density at radius 2 is 1.83 bits per heavy atom. The number of aromatic nitrogens is 2. The Hall–Kier alpha value is -3.02. The Kier molecular flexibility index (Phi) is 6.75. The molecule has 0 aliphatic rings. The number of ether oxygens (including phenoxy) is 2. The van der Waals surface area contributed by atoms with Crippen LogP contribution in [0.15, 0.2) is 36.5 Å². The highest BCUT2D eigenvalue weighted by molar-refractivity contribution is 5.94. The minimum absolute atomic E-state index is 0.0889. The van der Waals surface area contributed by atoms with E-state index in [0.29, 0.717) is 31.7 Å². The van der Waals surface area contributed by atoms with Gasteiger partial charge in [0, 0.05) is 18.4 Å². The van der Waals surface area contributed by atoms with Crippen molar-refractivity contribution in [3.63, 3.8) is 0 Å². The Labute approximate surface area is 171 Å². The van der Waals surface area contributed by atoms with Crippen molar-refractivity contribution in [2.45, 2.75) is 40.5 Å². The van der Waals surface area contributed by atoms with Gasteiger partial charge in [-0.2, -0.15) is 0 Å². The maximum Gasteiger partial charge on any atom is 0.252 e. The van der Waals surface area contributed by atoms with E-state index in [1.807, 2.05) is 61.7 Å². The van der Waals surface area contributed by atoms with Crippen molar-refractivity contribution in [1.82, 2.24) is 14.7 Å². The van der Waals surface area contributed by atoms with Gasteiger partial charge in [0.05, 0.1) is 24.5 Å². The predicted octanol–water partition coefficient (Wildman–Crippen LogP) is 3.98. The number of nitrogens with one attached hydrogen (secondary N) is 1. The summed E-state index contributed by atoms with van der Waals surface area (Å²) in [6.45, 7) is 9.73. The first-order valence-corrected chi connectivity index (χ1v) is 10.2. The molecule has 1 N–H and O–H groups in total. The molecule has 0 aliphatic carbocycles. The summed E-state index contributed by atoms with van der Waals surface area (Å²) < 4.78 is 13.2. The Morgan fingerprint density at radius 1 is 1.07 bits per heavy atom. The maximum absolute atomic E-state index is 12.6. The van der Waals surface area contributed by atoms with Crippen LogP contribution in [-0.2, 0) is 12.8 Å². The molecule has 2 aromatic heterocycles. The van der Waals surface area contributed by atoms with Gasteiger partial charge in [-0.05, 0) is 63.4 Å². The zero-order valence-corrected chi connectivity index (χ0v) is 17.6. The number of hydrogen-bond acceptors (Lipinski definition) is 4. The molecule has 2 heterocycles. The lowest BCUT2D eigenvalue weighted by Crippen LogP contribution is -2.26. The van der Waals surface area contributed by atoms with Gasteiger partial charge in [0.15, 0.2) is 11.5 Å². The van der Waals surface area contributed by atoms with Crippen LogP contribution in [0.3, 0.4) is 0 Å². The lowest BCUT2D eigenvalue weighted by atomic mass is 10.1. The molecule has 0 saturated heterocycles. The molecular weight excluding hydrogens is 366 g/mol. The lowest BCUT2D eigenvalue weighted by molar-refractivity contribution is 0.0953. The molecule has 0 atom stereocenters. The number of hydrogen-bond donors (Lipinski definition) is 1. The summed E-state index contributed by atoms with van der Waals surface area (Å²) in [7, 11) is 0. The van der Waals surface area contributed by atoms with Gasteiger partial charge in [-0.15, -0.1) is 0 Å². The summed E-state index contributed by atoms with van der Waals surface area (Å²) in [5.74, 6) is 1.40. The molecule has 0 saturated carbocycles. The first-order valence-electron chi connectivity index (χ1n) is 10.2. The molecule has 0 bridgehead atoms. The highest BCUT2D eigenvalue weighted by atomic mass is 16.5. The number of carbonyl (C=O) groups is 1. The van der Waals surface area contributed by atoms with E-state index in [4.69, 9.17) is 9.47 Å². The smallest absolute Gasteiger partial charge is 0.252 e. The zero-order valence-electron chi connectivity index (χ0n) is 17.6. The first kappa shape index (κ1) is 20.7. The van der Waals surface area contributed by atoms with Gasteiger partial charge in [0.2, 0.25) is 0 Å². The van der Waals surface area contributed by atoms with Crippen LogP contribution in [0.1, 0.15) is 48.1 Å². The number of rotatable bonds is 9.